The number of carbonyl (C=O) groups excluding carboxylic acids is 1. The molecule has 2 aromatic rings. The third-order valence-corrected chi connectivity index (χ3v) is 5.64. The van der Waals surface area contributed by atoms with E-state index in [0.717, 1.165) is 11.6 Å². The van der Waals surface area contributed by atoms with Crippen LogP contribution in [0.2, 0.25) is 0 Å². The van der Waals surface area contributed by atoms with E-state index in [9.17, 15) is 17.6 Å². The minimum absolute atomic E-state index is 0.0393. The highest BCUT2D eigenvalue weighted by atomic mass is 32.2. The van der Waals surface area contributed by atoms with Crippen molar-refractivity contribution in [3.05, 3.63) is 59.4 Å². The molecule has 1 atom stereocenters. The number of hydrogen-bond donors (Lipinski definition) is 2. The van der Waals surface area contributed by atoms with E-state index in [2.05, 4.69) is 10.0 Å². The Morgan fingerprint density at radius 2 is 2.00 bits per heavy atom. The van der Waals surface area contributed by atoms with Crippen LogP contribution >= 0.6 is 0 Å². The van der Waals surface area contributed by atoms with E-state index in [1.807, 2.05) is 18.2 Å². The van der Waals surface area contributed by atoms with Crippen LogP contribution in [0.1, 0.15) is 23.5 Å². The maximum Gasteiger partial charge on any atom is 0.240 e. The average Bonchev–Trinajstić information content (AvgIpc) is 2.52. The minimum atomic E-state index is -3.78. The molecule has 1 unspecified atom stereocenters. The molecule has 3 rings (SSSR count). The fourth-order valence-electron chi connectivity index (χ4n) is 2.89. The molecular formula is C17H17FN2O3S. The minimum Gasteiger partial charge on any atom is -0.326 e. The van der Waals surface area contributed by atoms with E-state index in [0.29, 0.717) is 11.3 Å². The Kier molecular flexibility index (Phi) is 4.38. The largest absolute Gasteiger partial charge is 0.326 e. The van der Waals surface area contributed by atoms with Crippen molar-refractivity contribution in [3.63, 3.8) is 0 Å². The van der Waals surface area contributed by atoms with Gasteiger partial charge in [0.2, 0.25) is 15.9 Å². The zero-order valence-corrected chi connectivity index (χ0v) is 13.9. The van der Waals surface area contributed by atoms with Crippen LogP contribution in [0.4, 0.5) is 10.1 Å². The fourth-order valence-corrected chi connectivity index (χ4v) is 4.19. The second kappa shape index (κ2) is 6.33. The highest BCUT2D eigenvalue weighted by molar-refractivity contribution is 7.89. The first kappa shape index (κ1) is 16.6. The molecule has 5 nitrogen and oxygen atoms in total. The van der Waals surface area contributed by atoms with Crippen molar-refractivity contribution in [1.82, 2.24) is 4.72 Å². The molecule has 2 aromatic carbocycles. The Morgan fingerprint density at radius 3 is 2.75 bits per heavy atom. The number of rotatable bonds is 4. The molecule has 0 fully saturated rings. The van der Waals surface area contributed by atoms with Crippen molar-refractivity contribution in [2.75, 3.05) is 11.9 Å². The zero-order chi connectivity index (χ0) is 17.3. The molecule has 2 N–H and O–H groups in total. The maximum absolute atomic E-state index is 13.2. The lowest BCUT2D eigenvalue weighted by molar-refractivity contribution is -0.116. The topological polar surface area (TPSA) is 75.3 Å². The number of para-hydroxylation sites is 1. The summed E-state index contributed by atoms with van der Waals surface area (Å²) in [6, 6.07) is 10.9. The van der Waals surface area contributed by atoms with E-state index in [1.165, 1.54) is 12.1 Å². The highest BCUT2D eigenvalue weighted by Crippen LogP contribution is 2.31. The van der Waals surface area contributed by atoms with Gasteiger partial charge in [0.1, 0.15) is 5.82 Å². The van der Waals surface area contributed by atoms with Crippen molar-refractivity contribution in [3.8, 4) is 0 Å². The number of carbonyl (C=O) groups is 1. The summed E-state index contributed by atoms with van der Waals surface area (Å²) < 4.78 is 40.6. The predicted molar refractivity (Wildman–Crippen MR) is 88.8 cm³/mol. The van der Waals surface area contributed by atoms with Crippen LogP contribution in [0.25, 0.3) is 0 Å². The van der Waals surface area contributed by atoms with Crippen molar-refractivity contribution >= 4 is 21.6 Å². The zero-order valence-electron chi connectivity index (χ0n) is 13.0. The quantitative estimate of drug-likeness (QED) is 0.892. The standard InChI is InChI=1S/C17H17FN2O3S/c1-11-8-13(18)6-7-16(11)24(22,23)19-10-12-9-17(21)20-15-5-3-2-4-14(12)15/h2-8,12,19H,9-10H2,1H3,(H,20,21). The Balaban J connectivity index is 1.81. The Morgan fingerprint density at radius 1 is 1.25 bits per heavy atom. The van der Waals surface area contributed by atoms with Crippen molar-refractivity contribution in [2.24, 2.45) is 0 Å². The van der Waals surface area contributed by atoms with Gasteiger partial charge in [0, 0.05) is 24.6 Å². The van der Waals surface area contributed by atoms with Gasteiger partial charge >= 0.3 is 0 Å². The van der Waals surface area contributed by atoms with Crippen LogP contribution in [0.15, 0.2) is 47.4 Å². The first-order chi connectivity index (χ1) is 11.4. The second-order valence-corrected chi connectivity index (χ2v) is 7.53. The molecule has 7 heteroatoms. The van der Waals surface area contributed by atoms with E-state index in [4.69, 9.17) is 0 Å². The number of amides is 1. The highest BCUT2D eigenvalue weighted by Gasteiger charge is 2.27. The van der Waals surface area contributed by atoms with E-state index in [1.54, 1.807) is 13.0 Å². The number of fused-ring (bicyclic) bond motifs is 1. The Bertz CT molecular complexity index is 896. The molecule has 0 bridgehead atoms. The molecule has 1 aliphatic rings. The number of benzene rings is 2. The molecule has 1 aliphatic heterocycles. The monoisotopic (exact) mass is 348 g/mol. The number of anilines is 1. The van der Waals surface area contributed by atoms with E-state index < -0.39 is 15.8 Å². The summed E-state index contributed by atoms with van der Waals surface area (Å²) in [4.78, 5) is 11.8. The van der Waals surface area contributed by atoms with Gasteiger partial charge in [-0.1, -0.05) is 18.2 Å². The van der Waals surface area contributed by atoms with Crippen LogP contribution in [0.3, 0.4) is 0 Å². The summed E-state index contributed by atoms with van der Waals surface area (Å²) >= 11 is 0. The molecule has 1 heterocycles. The van der Waals surface area contributed by atoms with Gasteiger partial charge in [0.15, 0.2) is 0 Å². The number of hydrogen-bond acceptors (Lipinski definition) is 3. The summed E-state index contributed by atoms with van der Waals surface area (Å²) in [6.45, 7) is 1.64. The lowest BCUT2D eigenvalue weighted by atomic mass is 9.91. The van der Waals surface area contributed by atoms with Gasteiger partial charge in [-0.25, -0.2) is 17.5 Å². The first-order valence-electron chi connectivity index (χ1n) is 7.51. The number of aryl methyl sites for hydroxylation is 1. The summed E-state index contributed by atoms with van der Waals surface area (Å²) in [5, 5.41) is 2.78. The molecule has 0 radical (unpaired) electrons. The number of nitrogens with one attached hydrogen (secondary N) is 2. The summed E-state index contributed by atoms with van der Waals surface area (Å²) in [5.74, 6) is -0.870. The predicted octanol–water partition coefficient (Wildman–Crippen LogP) is 2.54. The van der Waals surface area contributed by atoms with Gasteiger partial charge in [-0.05, 0) is 42.3 Å². The maximum atomic E-state index is 13.2. The lowest BCUT2D eigenvalue weighted by Crippen LogP contribution is -2.33. The van der Waals surface area contributed by atoms with Crippen LogP contribution < -0.4 is 10.0 Å². The van der Waals surface area contributed by atoms with Crippen molar-refractivity contribution in [2.45, 2.75) is 24.2 Å². The van der Waals surface area contributed by atoms with Gasteiger partial charge in [-0.2, -0.15) is 0 Å². The van der Waals surface area contributed by atoms with E-state index in [-0.39, 0.29) is 29.7 Å². The molecule has 24 heavy (non-hydrogen) atoms. The fraction of sp³-hybridized carbons (Fsp3) is 0.235. The van der Waals surface area contributed by atoms with Crippen LogP contribution in [-0.2, 0) is 14.8 Å². The molecule has 1 amide bonds. The van der Waals surface area contributed by atoms with Crippen molar-refractivity contribution in [1.29, 1.82) is 0 Å². The SMILES string of the molecule is Cc1cc(F)ccc1S(=O)(=O)NCC1CC(=O)Nc2ccccc21. The van der Waals surface area contributed by atoms with Crippen LogP contribution in [0, 0.1) is 12.7 Å². The van der Waals surface area contributed by atoms with Gasteiger partial charge in [0.05, 0.1) is 4.90 Å². The normalized spacial score (nSPS) is 17.2. The average molecular weight is 348 g/mol. The van der Waals surface area contributed by atoms with Gasteiger partial charge in [0.25, 0.3) is 0 Å². The summed E-state index contributed by atoms with van der Waals surface area (Å²) in [7, 11) is -3.78. The number of sulfonamides is 1. The van der Waals surface area contributed by atoms with Crippen molar-refractivity contribution < 1.29 is 17.6 Å². The van der Waals surface area contributed by atoms with Gasteiger partial charge in [-0.3, -0.25) is 4.79 Å². The van der Waals surface area contributed by atoms with E-state index >= 15 is 0 Å². The molecule has 0 saturated heterocycles. The molecule has 0 aromatic heterocycles. The molecule has 0 saturated carbocycles. The van der Waals surface area contributed by atoms with Gasteiger partial charge in [-0.15, -0.1) is 0 Å². The molecule has 0 spiro atoms. The Hall–Kier alpha value is -2.25. The van der Waals surface area contributed by atoms with Gasteiger partial charge < -0.3 is 5.32 Å². The summed E-state index contributed by atoms with van der Waals surface area (Å²) in [6.07, 6.45) is 0.210. The second-order valence-electron chi connectivity index (χ2n) is 5.80. The molecule has 0 aliphatic carbocycles. The van der Waals surface area contributed by atoms with Crippen LogP contribution in [0.5, 0.6) is 0 Å². The Labute approximate surface area is 139 Å². The first-order valence-corrected chi connectivity index (χ1v) is 9.00. The number of halogens is 1. The third-order valence-electron chi connectivity index (χ3n) is 4.05. The smallest absolute Gasteiger partial charge is 0.240 e. The van der Waals surface area contributed by atoms with Crippen LogP contribution in [-0.4, -0.2) is 20.9 Å². The molecule has 126 valence electrons. The third kappa shape index (κ3) is 3.32. The lowest BCUT2D eigenvalue weighted by Gasteiger charge is -2.25. The molecular weight excluding hydrogens is 331 g/mol. The summed E-state index contributed by atoms with van der Waals surface area (Å²) in [5.41, 5.74) is 1.94.